The third kappa shape index (κ3) is 2.64. The second-order valence-corrected chi connectivity index (χ2v) is 1.61. The van der Waals surface area contributed by atoms with Gasteiger partial charge in [0.15, 0.2) is 46.0 Å². The number of rotatable bonds is 0. The van der Waals surface area contributed by atoms with Crippen LogP contribution in [0.4, 0.5) is 0 Å². The average Bonchev–Trinajstić information content (AvgIpc) is 1.84. The molecule has 0 spiro atoms. The highest BCUT2D eigenvalue weighted by Crippen LogP contribution is 1.93. The molecule has 6 heteroatoms. The van der Waals surface area contributed by atoms with Crippen molar-refractivity contribution in [2.75, 3.05) is 0 Å². The topological polar surface area (TPSA) is 52.6 Å². The zero-order chi connectivity index (χ0) is 6.57. The molecule has 0 unspecified atom stereocenters. The van der Waals surface area contributed by atoms with Gasteiger partial charge in [0, 0.05) is 0 Å². The maximum atomic E-state index is 10.0. The van der Waals surface area contributed by atoms with Crippen LogP contribution in [0.25, 0.3) is 0 Å². The fourth-order valence-electron chi connectivity index (χ4n) is 0.0630. The molecule has 0 aliphatic heterocycles. The van der Waals surface area contributed by atoms with Crippen molar-refractivity contribution < 1.29 is 15.7 Å². The van der Waals surface area contributed by atoms with Gasteiger partial charge < -0.3 is 6.13 Å². The molecule has 0 aliphatic carbocycles. The summed E-state index contributed by atoms with van der Waals surface area (Å²) in [5.41, 5.74) is 0. The Kier molecular flexibility index (Phi) is 4.51. The maximum Gasteiger partial charge on any atom is 0.427 e. The van der Waals surface area contributed by atoms with E-state index in [9.17, 15) is 9.59 Å². The summed E-state index contributed by atoms with van der Waals surface area (Å²) in [6, 6.07) is 0. The molecule has 0 amide bonds. The van der Waals surface area contributed by atoms with Crippen LogP contribution in [0.15, 0.2) is 0 Å². The molecule has 0 fully saturated rings. The summed E-state index contributed by atoms with van der Waals surface area (Å²) in [7, 11) is 0. The van der Waals surface area contributed by atoms with E-state index in [1.165, 1.54) is 46.0 Å². The normalized spacial score (nSPS) is 7.75. The Morgan fingerprint density at radius 1 is 1.00 bits per heavy atom. The first-order chi connectivity index (χ1) is 3.72. The van der Waals surface area contributed by atoms with Gasteiger partial charge in [0.05, 0.1) is 0 Å². The van der Waals surface area contributed by atoms with Gasteiger partial charge in [-0.25, -0.2) is 9.59 Å². The first kappa shape index (κ1) is 8.40. The van der Waals surface area contributed by atoms with Crippen molar-refractivity contribution in [3.63, 3.8) is 0 Å². The second-order valence-electron chi connectivity index (χ2n) is 0.729. The lowest BCUT2D eigenvalue weighted by Gasteiger charge is -1.87. The van der Waals surface area contributed by atoms with Crippen LogP contribution in [0.2, 0.25) is 0 Å². The molecule has 0 aliphatic rings. The van der Waals surface area contributed by atoms with Crippen LogP contribution in [0.5, 0.6) is 0 Å². The van der Waals surface area contributed by atoms with E-state index in [4.69, 9.17) is 0 Å². The molecule has 0 aromatic carbocycles. The zero-order valence-electron chi connectivity index (χ0n) is 3.39. The lowest BCUT2D eigenvalue weighted by molar-refractivity contribution is -0.152. The van der Waals surface area contributed by atoms with Crippen LogP contribution >= 0.6 is 46.0 Å². The van der Waals surface area contributed by atoms with E-state index in [2.05, 4.69) is 6.13 Å². The lowest BCUT2D eigenvalue weighted by Crippen LogP contribution is -2.12. The molecule has 0 radical (unpaired) electrons. The number of halogens is 2. The predicted molar refractivity (Wildman–Crippen MR) is 40.2 cm³/mol. The van der Waals surface area contributed by atoms with Crippen molar-refractivity contribution in [2.45, 2.75) is 0 Å². The monoisotopic (exact) mass is 342 g/mol. The SMILES string of the molecule is O=C(OI)C(=O)OI. The van der Waals surface area contributed by atoms with E-state index in [1.54, 1.807) is 0 Å². The summed E-state index contributed by atoms with van der Waals surface area (Å²) in [5.74, 6) is -2.00. The largest absolute Gasteiger partial charge is 0.427 e. The number of hydrogen-bond acceptors (Lipinski definition) is 4. The molecule has 4 nitrogen and oxygen atoms in total. The second kappa shape index (κ2) is 4.30. The standard InChI is InChI=1S/C2I2O4/c3-7-1(5)2(6)8-4. The Bertz CT molecular complexity index is 96.6. The van der Waals surface area contributed by atoms with Crippen LogP contribution in [0.3, 0.4) is 0 Å². The number of carbonyl (C=O) groups excluding carboxylic acids is 2. The van der Waals surface area contributed by atoms with E-state index in [0.29, 0.717) is 0 Å². The molecule has 0 N–H and O–H groups in total. The summed E-state index contributed by atoms with van der Waals surface area (Å²) < 4.78 is 7.91. The minimum Gasteiger partial charge on any atom is -0.386 e. The molecular weight excluding hydrogens is 342 g/mol. The summed E-state index contributed by atoms with van der Waals surface area (Å²) in [6.45, 7) is 0. The summed E-state index contributed by atoms with van der Waals surface area (Å²) in [6.07, 6.45) is 0. The van der Waals surface area contributed by atoms with E-state index in [-0.39, 0.29) is 0 Å². The summed E-state index contributed by atoms with van der Waals surface area (Å²) in [5, 5.41) is 0. The number of carbonyl (C=O) groups is 2. The quantitative estimate of drug-likeness (QED) is 0.482. The van der Waals surface area contributed by atoms with E-state index in [0.717, 1.165) is 0 Å². The average molecular weight is 342 g/mol. The van der Waals surface area contributed by atoms with Gasteiger partial charge in [-0.1, -0.05) is 0 Å². The molecule has 0 bridgehead atoms. The zero-order valence-corrected chi connectivity index (χ0v) is 7.70. The van der Waals surface area contributed by atoms with Gasteiger partial charge in [0.2, 0.25) is 0 Å². The maximum absolute atomic E-state index is 10.0. The molecule has 0 saturated heterocycles. The van der Waals surface area contributed by atoms with Gasteiger partial charge in [-0.05, 0) is 0 Å². The Morgan fingerprint density at radius 3 is 1.38 bits per heavy atom. The summed E-state index contributed by atoms with van der Waals surface area (Å²) >= 11 is 2.60. The molecule has 0 heterocycles. The van der Waals surface area contributed by atoms with Crippen molar-refractivity contribution in [3.8, 4) is 0 Å². The van der Waals surface area contributed by atoms with Crippen LogP contribution in [0.1, 0.15) is 0 Å². The van der Waals surface area contributed by atoms with Gasteiger partial charge in [-0.15, -0.1) is 0 Å². The molecule has 0 rings (SSSR count). The van der Waals surface area contributed by atoms with E-state index >= 15 is 0 Å². The third-order valence-electron chi connectivity index (χ3n) is 0.307. The van der Waals surface area contributed by atoms with Crippen LogP contribution in [-0.4, -0.2) is 11.9 Å². The smallest absolute Gasteiger partial charge is 0.386 e. The van der Waals surface area contributed by atoms with Crippen molar-refractivity contribution >= 4 is 58.0 Å². The van der Waals surface area contributed by atoms with Gasteiger partial charge in [-0.3, -0.25) is 0 Å². The van der Waals surface area contributed by atoms with Crippen LogP contribution in [0, 0.1) is 0 Å². The van der Waals surface area contributed by atoms with Crippen LogP contribution < -0.4 is 0 Å². The van der Waals surface area contributed by atoms with E-state index < -0.39 is 11.9 Å². The molecule has 0 aromatic heterocycles. The predicted octanol–water partition coefficient (Wildman–Crippen LogP) is 0.773. The van der Waals surface area contributed by atoms with Crippen molar-refractivity contribution in [1.82, 2.24) is 0 Å². The van der Waals surface area contributed by atoms with Gasteiger partial charge in [-0.2, -0.15) is 0 Å². The Labute approximate surface area is 73.3 Å². The molecule has 8 heavy (non-hydrogen) atoms. The molecule has 0 atom stereocenters. The first-order valence-corrected chi connectivity index (χ1v) is 3.14. The molecule has 46 valence electrons. The molecular formula is C2I2O4. The van der Waals surface area contributed by atoms with Gasteiger partial charge >= 0.3 is 11.9 Å². The fourth-order valence-corrected chi connectivity index (χ4v) is 0.423. The van der Waals surface area contributed by atoms with Crippen molar-refractivity contribution in [1.29, 1.82) is 0 Å². The highest BCUT2D eigenvalue weighted by atomic mass is 127. The molecule has 0 saturated carbocycles. The highest BCUT2D eigenvalue weighted by molar-refractivity contribution is 14.1. The lowest BCUT2D eigenvalue weighted by atomic mass is 10.7. The van der Waals surface area contributed by atoms with Gasteiger partial charge in [0.25, 0.3) is 0 Å². The highest BCUT2D eigenvalue weighted by Gasteiger charge is 2.14. The fraction of sp³-hybridized carbons (Fsp3) is 0. The summed E-state index contributed by atoms with van der Waals surface area (Å²) in [4.78, 5) is 20.1. The Balaban J connectivity index is 3.64. The Hall–Kier alpha value is 0.400. The Morgan fingerprint density at radius 2 is 1.25 bits per heavy atom. The third-order valence-corrected chi connectivity index (χ3v) is 1.11. The number of hydrogen-bond donors (Lipinski definition) is 0. The van der Waals surface area contributed by atoms with Crippen LogP contribution in [-0.2, 0) is 15.7 Å². The first-order valence-electron chi connectivity index (χ1n) is 1.38. The minimum atomic E-state index is -1.00. The minimum absolute atomic E-state index is 1.000. The van der Waals surface area contributed by atoms with Crippen molar-refractivity contribution in [2.24, 2.45) is 0 Å². The van der Waals surface area contributed by atoms with Crippen molar-refractivity contribution in [3.05, 3.63) is 0 Å². The molecule has 0 aromatic rings. The van der Waals surface area contributed by atoms with Gasteiger partial charge in [0.1, 0.15) is 0 Å². The van der Waals surface area contributed by atoms with E-state index in [1.807, 2.05) is 0 Å².